The minimum atomic E-state index is -0.174. The molecule has 0 aliphatic carbocycles. The molecular weight excluding hydrogens is 528 g/mol. The molecule has 1 aliphatic rings. The van der Waals surface area contributed by atoms with Crippen LogP contribution in [0.15, 0.2) is 17.0 Å². The van der Waals surface area contributed by atoms with Gasteiger partial charge in [0.2, 0.25) is 0 Å². The van der Waals surface area contributed by atoms with Crippen molar-refractivity contribution in [3.63, 3.8) is 0 Å². The summed E-state index contributed by atoms with van der Waals surface area (Å²) >= 11 is 0. The highest BCUT2D eigenvalue weighted by molar-refractivity contribution is 5.68. The Bertz CT molecular complexity index is 736. The summed E-state index contributed by atoms with van der Waals surface area (Å²) in [5.74, 6) is 0.590. The summed E-state index contributed by atoms with van der Waals surface area (Å²) in [5, 5.41) is 8.30. The van der Waals surface area contributed by atoms with Crippen LogP contribution in [0.2, 0.25) is 0 Å². The Morgan fingerprint density at radius 3 is 1.73 bits per heavy atom. The molecule has 10 nitrogen and oxygen atoms in total. The van der Waals surface area contributed by atoms with Crippen molar-refractivity contribution in [2.45, 2.75) is 125 Å². The zero-order valence-corrected chi connectivity index (χ0v) is 28.4. The van der Waals surface area contributed by atoms with Gasteiger partial charge in [-0.15, -0.1) is 0 Å². The summed E-state index contributed by atoms with van der Waals surface area (Å²) in [6, 6.07) is 0. The van der Waals surface area contributed by atoms with Gasteiger partial charge in [-0.2, -0.15) is 0 Å². The zero-order valence-electron chi connectivity index (χ0n) is 28.4. The number of oxazole rings is 1. The second kappa shape index (κ2) is 21.2. The number of carbonyl (C=O) groups is 1. The predicted octanol–water partition coefficient (Wildman–Crippen LogP) is 5.66. The number of rotatable bonds is 8. The van der Waals surface area contributed by atoms with Gasteiger partial charge in [0.05, 0.1) is 56.5 Å². The number of hydrogen-bond acceptors (Lipinski definition) is 10. The van der Waals surface area contributed by atoms with Gasteiger partial charge in [-0.25, -0.2) is 4.98 Å². The molecule has 1 N–H and O–H groups in total. The minimum Gasteiger partial charge on any atom is -0.469 e. The lowest BCUT2D eigenvalue weighted by atomic mass is 10.1. The Kier molecular flexibility index (Phi) is 21.5. The summed E-state index contributed by atoms with van der Waals surface area (Å²) in [4.78, 5) is 16.9. The summed E-state index contributed by atoms with van der Waals surface area (Å²) in [6.07, 6.45) is 4.23. The topological polar surface area (TPSA) is 113 Å². The maximum atomic E-state index is 10.7. The first-order chi connectivity index (χ1) is 18.7. The van der Waals surface area contributed by atoms with Crippen LogP contribution in [0.3, 0.4) is 0 Å². The van der Waals surface area contributed by atoms with Crippen LogP contribution in [0.4, 0.5) is 0 Å². The van der Waals surface area contributed by atoms with E-state index in [0.717, 1.165) is 38.5 Å². The first-order valence-corrected chi connectivity index (χ1v) is 14.5. The molecule has 10 heteroatoms. The number of ether oxygens (including phenoxy) is 5. The van der Waals surface area contributed by atoms with Crippen molar-refractivity contribution >= 4 is 5.97 Å². The molecule has 0 atom stereocenters. The lowest BCUT2D eigenvalue weighted by molar-refractivity contribution is -0.141. The predicted molar refractivity (Wildman–Crippen MR) is 163 cm³/mol. The quantitative estimate of drug-likeness (QED) is 0.301. The fourth-order valence-electron chi connectivity index (χ4n) is 2.88. The summed E-state index contributed by atoms with van der Waals surface area (Å²) in [6.45, 7) is 30.2. The highest BCUT2D eigenvalue weighted by Gasteiger charge is 2.22. The highest BCUT2D eigenvalue weighted by Crippen LogP contribution is 2.14. The van der Waals surface area contributed by atoms with E-state index in [1.54, 1.807) is 6.20 Å². The van der Waals surface area contributed by atoms with Gasteiger partial charge in [-0.3, -0.25) is 9.69 Å². The number of nitrogens with zero attached hydrogens (tertiary/aromatic N) is 2. The number of esters is 1. The van der Waals surface area contributed by atoms with E-state index in [1.165, 1.54) is 13.5 Å². The number of carbonyl (C=O) groups excluding carboxylic acids is 1. The van der Waals surface area contributed by atoms with Gasteiger partial charge < -0.3 is 33.2 Å². The number of hydrogen-bond donors (Lipinski definition) is 1. The fourth-order valence-corrected chi connectivity index (χ4v) is 2.88. The van der Waals surface area contributed by atoms with Crippen LogP contribution >= 0.6 is 0 Å². The van der Waals surface area contributed by atoms with Crippen molar-refractivity contribution in [3.05, 3.63) is 18.4 Å². The molecule has 0 spiro atoms. The maximum Gasteiger partial charge on any atom is 0.305 e. The first-order valence-electron chi connectivity index (χ1n) is 14.5. The largest absolute Gasteiger partial charge is 0.469 e. The first kappa shape index (κ1) is 41.6. The molecule has 1 aliphatic heterocycles. The van der Waals surface area contributed by atoms with Crippen molar-refractivity contribution < 1.29 is 38.0 Å². The maximum absolute atomic E-state index is 10.7. The van der Waals surface area contributed by atoms with Crippen molar-refractivity contribution in [1.82, 2.24) is 9.88 Å². The van der Waals surface area contributed by atoms with E-state index in [4.69, 9.17) is 28.5 Å². The Hall–Kier alpha value is -1.56. The summed E-state index contributed by atoms with van der Waals surface area (Å²) in [5.41, 5.74) is -0.0184. The summed E-state index contributed by atoms with van der Waals surface area (Å²) < 4.78 is 30.7. The van der Waals surface area contributed by atoms with Gasteiger partial charge >= 0.3 is 5.97 Å². The summed E-state index contributed by atoms with van der Waals surface area (Å²) in [7, 11) is 1.40. The van der Waals surface area contributed by atoms with Crippen LogP contribution < -0.4 is 0 Å². The van der Waals surface area contributed by atoms with Crippen molar-refractivity contribution in [1.29, 1.82) is 0 Å². The van der Waals surface area contributed by atoms with Crippen LogP contribution in [-0.4, -0.2) is 96.5 Å². The van der Waals surface area contributed by atoms with E-state index in [0.29, 0.717) is 31.8 Å². The Morgan fingerprint density at radius 2 is 1.39 bits per heavy atom. The molecule has 0 unspecified atom stereocenters. The number of aromatic nitrogens is 1. The molecule has 41 heavy (non-hydrogen) atoms. The number of aliphatic hydroxyl groups excluding tert-OH is 1. The Balaban J connectivity index is 0. The monoisotopic (exact) mass is 590 g/mol. The van der Waals surface area contributed by atoms with Gasteiger partial charge in [0.15, 0.2) is 6.39 Å². The van der Waals surface area contributed by atoms with Gasteiger partial charge in [-0.1, -0.05) is 0 Å². The number of morpholine rings is 1. The second-order valence-corrected chi connectivity index (χ2v) is 13.5. The normalized spacial score (nSPS) is 14.5. The van der Waals surface area contributed by atoms with Gasteiger partial charge in [-0.05, 0) is 89.5 Å². The van der Waals surface area contributed by atoms with Crippen molar-refractivity contribution in [2.75, 3.05) is 53.2 Å². The molecule has 1 fully saturated rings. The number of methoxy groups -OCH3 is 1. The molecule has 0 aromatic carbocycles. The van der Waals surface area contributed by atoms with E-state index >= 15 is 0 Å². The van der Waals surface area contributed by atoms with Gasteiger partial charge in [0.1, 0.15) is 12.4 Å². The third-order valence-electron chi connectivity index (χ3n) is 5.01. The highest BCUT2D eigenvalue weighted by atomic mass is 16.5. The van der Waals surface area contributed by atoms with E-state index in [2.05, 4.69) is 35.4 Å². The lowest BCUT2D eigenvalue weighted by Gasteiger charge is -2.38. The van der Waals surface area contributed by atoms with Crippen molar-refractivity contribution in [2.24, 2.45) is 0 Å². The third kappa shape index (κ3) is 31.2. The van der Waals surface area contributed by atoms with Crippen LogP contribution in [-0.2, 0) is 35.1 Å². The SMILES string of the molecule is CC(C)(C)N1CCOCC1.CC(C)(C)OCCO.CC(C)(C)OCc1cnco1.COC(=O)CCCOC(C)(C)C. The van der Waals surface area contributed by atoms with E-state index in [9.17, 15) is 4.79 Å². The zero-order chi connectivity index (χ0) is 32.2. The van der Waals surface area contributed by atoms with Gasteiger partial charge in [0, 0.05) is 31.7 Å². The van der Waals surface area contributed by atoms with Gasteiger partial charge in [0.25, 0.3) is 0 Å². The van der Waals surface area contributed by atoms with E-state index in [-0.39, 0.29) is 29.4 Å². The fraction of sp³-hybridized carbons (Fsp3) is 0.871. The Labute approximate surface area is 250 Å². The number of aliphatic hydroxyl groups is 1. The van der Waals surface area contributed by atoms with E-state index in [1.807, 2.05) is 62.3 Å². The molecular formula is C31H62N2O8. The van der Waals surface area contributed by atoms with Crippen LogP contribution in [0.25, 0.3) is 0 Å². The average molecular weight is 591 g/mol. The van der Waals surface area contributed by atoms with Crippen LogP contribution in [0.1, 0.15) is 102 Å². The molecule has 0 amide bonds. The van der Waals surface area contributed by atoms with E-state index < -0.39 is 0 Å². The average Bonchev–Trinajstić information content (AvgIpc) is 3.38. The molecule has 1 aromatic heterocycles. The van der Waals surface area contributed by atoms with Crippen LogP contribution in [0.5, 0.6) is 0 Å². The molecule has 0 bridgehead atoms. The lowest BCUT2D eigenvalue weighted by Crippen LogP contribution is -2.47. The molecule has 0 radical (unpaired) electrons. The smallest absolute Gasteiger partial charge is 0.305 e. The van der Waals surface area contributed by atoms with Crippen LogP contribution in [0, 0.1) is 0 Å². The molecule has 1 aromatic rings. The molecule has 0 saturated carbocycles. The molecule has 2 rings (SSSR count). The molecule has 1 saturated heterocycles. The van der Waals surface area contributed by atoms with Crippen molar-refractivity contribution in [3.8, 4) is 0 Å². The standard InChI is InChI=1S/C9H18O3.C8H13NO2.C8H17NO.C6H14O2/c1-9(2,3)12-7-5-6-8(10)11-4;1-8(2,3)11-5-7-4-9-6-10-7;1-8(2,3)9-4-6-10-7-5-9;1-6(2,3)8-5-4-7/h5-7H2,1-4H3;4,6H,5H2,1-3H3;4-7H2,1-3H3;7H,4-5H2,1-3H3. The molecule has 244 valence electrons. The minimum absolute atomic E-state index is 0.108. The Morgan fingerprint density at radius 1 is 0.878 bits per heavy atom. The third-order valence-corrected chi connectivity index (χ3v) is 5.01. The second-order valence-electron chi connectivity index (χ2n) is 13.5. The molecule has 2 heterocycles.